The monoisotopic (exact) mass is 332 g/mol. The van der Waals surface area contributed by atoms with Gasteiger partial charge in [-0.25, -0.2) is 4.98 Å². The van der Waals surface area contributed by atoms with Crippen LogP contribution in [0.1, 0.15) is 36.1 Å². The number of fused-ring (bicyclic) bond motifs is 1. The van der Waals surface area contributed by atoms with Crippen LogP contribution in [-0.2, 0) is 12.8 Å². The van der Waals surface area contributed by atoms with Crippen molar-refractivity contribution in [1.29, 1.82) is 0 Å². The molecule has 0 saturated carbocycles. The minimum atomic E-state index is 0.0363. The summed E-state index contributed by atoms with van der Waals surface area (Å²) in [6, 6.07) is 6.02. The van der Waals surface area contributed by atoms with Crippen LogP contribution in [0.5, 0.6) is 0 Å². The number of halogens is 1. The summed E-state index contributed by atoms with van der Waals surface area (Å²) in [5.41, 5.74) is 4.02. The highest BCUT2D eigenvalue weighted by atomic mass is 79.9. The van der Waals surface area contributed by atoms with Crippen molar-refractivity contribution in [2.75, 3.05) is 0 Å². The first-order valence-electron chi connectivity index (χ1n) is 7.04. The van der Waals surface area contributed by atoms with Crippen LogP contribution in [0, 0.1) is 6.92 Å². The average molecular weight is 333 g/mol. The molecule has 0 aliphatic heterocycles. The average Bonchev–Trinajstić information content (AvgIpc) is 2.64. The Hall–Kier alpha value is -1.42. The summed E-state index contributed by atoms with van der Waals surface area (Å²) in [6.07, 6.45) is 5.18. The lowest BCUT2D eigenvalue weighted by atomic mass is 10.1. The van der Waals surface area contributed by atoms with E-state index in [1.165, 1.54) is 6.42 Å². The fourth-order valence-corrected chi connectivity index (χ4v) is 3.28. The highest BCUT2D eigenvalue weighted by Gasteiger charge is 2.15. The lowest BCUT2D eigenvalue weighted by Gasteiger charge is -2.09. The number of nitrogens with one attached hydrogen (secondary N) is 1. The molecule has 0 atom stereocenters. The fraction of sp³-hybridized carbons (Fsp3) is 0.375. The van der Waals surface area contributed by atoms with Gasteiger partial charge in [0, 0.05) is 15.6 Å². The highest BCUT2D eigenvalue weighted by Crippen LogP contribution is 2.24. The van der Waals surface area contributed by atoms with Gasteiger partial charge >= 0.3 is 0 Å². The Morgan fingerprint density at radius 3 is 2.80 bits per heavy atom. The lowest BCUT2D eigenvalue weighted by Crippen LogP contribution is -2.18. The van der Waals surface area contributed by atoms with Gasteiger partial charge in [0.2, 0.25) is 0 Å². The molecule has 3 nitrogen and oxygen atoms in total. The molecule has 0 amide bonds. The number of rotatable bonds is 1. The van der Waals surface area contributed by atoms with Gasteiger partial charge in [0.05, 0.1) is 5.69 Å². The summed E-state index contributed by atoms with van der Waals surface area (Å²) < 4.78 is 1.04. The predicted molar refractivity (Wildman–Crippen MR) is 84.0 cm³/mol. The first kappa shape index (κ1) is 13.6. The number of aromatic nitrogens is 2. The summed E-state index contributed by atoms with van der Waals surface area (Å²) >= 11 is 3.46. The van der Waals surface area contributed by atoms with Crippen LogP contribution < -0.4 is 5.56 Å². The summed E-state index contributed by atoms with van der Waals surface area (Å²) in [5, 5.41) is 0. The van der Waals surface area contributed by atoms with Crippen LogP contribution in [0.15, 0.2) is 27.5 Å². The van der Waals surface area contributed by atoms with Crippen LogP contribution in [-0.4, -0.2) is 9.97 Å². The molecule has 3 rings (SSSR count). The smallest absolute Gasteiger partial charge is 0.254 e. The first-order valence-corrected chi connectivity index (χ1v) is 7.83. The molecule has 0 bridgehead atoms. The Labute approximate surface area is 126 Å². The molecule has 0 saturated heterocycles. The van der Waals surface area contributed by atoms with Gasteiger partial charge < -0.3 is 4.98 Å². The third-order valence-corrected chi connectivity index (χ3v) is 4.38. The van der Waals surface area contributed by atoms with Crippen LogP contribution >= 0.6 is 15.9 Å². The Morgan fingerprint density at radius 2 is 2.00 bits per heavy atom. The van der Waals surface area contributed by atoms with Crippen LogP contribution in [0.2, 0.25) is 0 Å². The standard InChI is InChI=1S/C16H17BrN2O/c1-10-9-11(17)7-8-12(10)15-18-14-6-4-2-3-5-13(14)16(20)19-15/h7-9H,2-6H2,1H3,(H,18,19,20). The van der Waals surface area contributed by atoms with Gasteiger partial charge in [-0.15, -0.1) is 0 Å². The Balaban J connectivity index is 2.13. The molecular weight excluding hydrogens is 316 g/mol. The first-order chi connectivity index (χ1) is 9.65. The predicted octanol–water partition coefficient (Wildman–Crippen LogP) is 3.78. The molecule has 0 radical (unpaired) electrons. The van der Waals surface area contributed by atoms with Crippen molar-refractivity contribution in [2.24, 2.45) is 0 Å². The number of hydrogen-bond donors (Lipinski definition) is 1. The highest BCUT2D eigenvalue weighted by molar-refractivity contribution is 9.10. The zero-order chi connectivity index (χ0) is 14.1. The number of nitrogens with zero attached hydrogens (tertiary/aromatic N) is 1. The maximum atomic E-state index is 12.3. The van der Waals surface area contributed by atoms with Gasteiger partial charge in [-0.1, -0.05) is 22.4 Å². The van der Waals surface area contributed by atoms with E-state index in [2.05, 4.69) is 20.9 Å². The molecule has 1 N–H and O–H groups in total. The van der Waals surface area contributed by atoms with Crippen molar-refractivity contribution in [3.63, 3.8) is 0 Å². The third-order valence-electron chi connectivity index (χ3n) is 3.89. The number of aryl methyl sites for hydroxylation is 2. The third kappa shape index (κ3) is 2.57. The quantitative estimate of drug-likeness (QED) is 0.808. The number of H-pyrrole nitrogens is 1. The maximum Gasteiger partial charge on any atom is 0.254 e. The van der Waals surface area contributed by atoms with E-state index < -0.39 is 0 Å². The van der Waals surface area contributed by atoms with Gasteiger partial charge in [0.15, 0.2) is 0 Å². The van der Waals surface area contributed by atoms with Gasteiger partial charge in [0.1, 0.15) is 5.82 Å². The van der Waals surface area contributed by atoms with E-state index in [9.17, 15) is 4.79 Å². The van der Waals surface area contributed by atoms with E-state index >= 15 is 0 Å². The summed E-state index contributed by atoms with van der Waals surface area (Å²) in [7, 11) is 0. The van der Waals surface area contributed by atoms with E-state index in [4.69, 9.17) is 4.98 Å². The van der Waals surface area contributed by atoms with Crippen LogP contribution in [0.3, 0.4) is 0 Å². The Kier molecular flexibility index (Phi) is 3.74. The molecule has 4 heteroatoms. The number of hydrogen-bond acceptors (Lipinski definition) is 2. The molecule has 0 fully saturated rings. The van der Waals surface area contributed by atoms with E-state index in [-0.39, 0.29) is 5.56 Å². The molecule has 0 unspecified atom stereocenters. The SMILES string of the molecule is Cc1cc(Br)ccc1-c1nc2c(c(=O)[nH]1)CCCCC2. The zero-order valence-corrected chi connectivity index (χ0v) is 13.1. The summed E-state index contributed by atoms with van der Waals surface area (Å²) in [5.74, 6) is 0.695. The van der Waals surface area contributed by atoms with Crippen LogP contribution in [0.25, 0.3) is 11.4 Å². The summed E-state index contributed by atoms with van der Waals surface area (Å²) in [4.78, 5) is 20.0. The summed E-state index contributed by atoms with van der Waals surface area (Å²) in [6.45, 7) is 2.03. The van der Waals surface area contributed by atoms with Crippen molar-refractivity contribution in [1.82, 2.24) is 9.97 Å². The Morgan fingerprint density at radius 1 is 1.20 bits per heavy atom. The van der Waals surface area contributed by atoms with Crippen molar-refractivity contribution < 1.29 is 0 Å². The van der Waals surface area contributed by atoms with E-state index in [1.54, 1.807) is 0 Å². The minimum absolute atomic E-state index is 0.0363. The molecule has 1 aromatic heterocycles. The Bertz CT molecular complexity index is 706. The fourth-order valence-electron chi connectivity index (χ4n) is 2.80. The van der Waals surface area contributed by atoms with Crippen molar-refractivity contribution in [3.05, 3.63) is 49.8 Å². The zero-order valence-electron chi connectivity index (χ0n) is 11.5. The van der Waals surface area contributed by atoms with Crippen molar-refractivity contribution >= 4 is 15.9 Å². The second-order valence-corrected chi connectivity index (χ2v) is 6.28. The van der Waals surface area contributed by atoms with Crippen molar-refractivity contribution in [2.45, 2.75) is 39.0 Å². The minimum Gasteiger partial charge on any atom is -0.306 e. The molecule has 104 valence electrons. The molecular formula is C16H17BrN2O. The molecule has 20 heavy (non-hydrogen) atoms. The molecule has 1 aliphatic rings. The normalized spacial score (nSPS) is 14.7. The van der Waals surface area contributed by atoms with E-state index in [0.717, 1.165) is 52.5 Å². The van der Waals surface area contributed by atoms with Crippen molar-refractivity contribution in [3.8, 4) is 11.4 Å². The number of benzene rings is 1. The second kappa shape index (κ2) is 5.52. The topological polar surface area (TPSA) is 45.8 Å². The molecule has 1 aromatic carbocycles. The van der Waals surface area contributed by atoms with Gasteiger partial charge in [0.25, 0.3) is 5.56 Å². The lowest BCUT2D eigenvalue weighted by molar-refractivity contribution is 0.708. The van der Waals surface area contributed by atoms with Crippen LogP contribution in [0.4, 0.5) is 0 Å². The maximum absolute atomic E-state index is 12.3. The van der Waals surface area contributed by atoms with Gasteiger partial charge in [-0.3, -0.25) is 4.79 Å². The molecule has 0 spiro atoms. The molecule has 2 aromatic rings. The largest absolute Gasteiger partial charge is 0.306 e. The van der Waals surface area contributed by atoms with Gasteiger partial charge in [-0.2, -0.15) is 0 Å². The second-order valence-electron chi connectivity index (χ2n) is 5.36. The van der Waals surface area contributed by atoms with Gasteiger partial charge in [-0.05, 0) is 56.4 Å². The van der Waals surface area contributed by atoms with E-state index in [1.807, 2.05) is 25.1 Å². The van der Waals surface area contributed by atoms with E-state index in [0.29, 0.717) is 5.82 Å². The molecule has 1 aliphatic carbocycles. The molecule has 1 heterocycles. The number of aromatic amines is 1.